The highest BCUT2D eigenvalue weighted by atomic mass is 19.4. The molecule has 0 aliphatic carbocycles. The molecular formula is C18H16F3N3O4. The standard InChI is InChI=1S/C18H16F3N3O4/c1-27-8-7-24-15-14(16(25)23-17(24)26)11(18(19,20)21)9-12(22-15)10-5-3-4-6-13(10)28-2/h3-6,9H,7-8H2,1-2H3,(H,23,25,26). The number of fused-ring (bicyclic) bond motifs is 1. The first-order valence-electron chi connectivity index (χ1n) is 8.15. The zero-order chi connectivity index (χ0) is 20.5. The summed E-state index contributed by atoms with van der Waals surface area (Å²) < 4.78 is 52.3. The minimum atomic E-state index is -4.84. The molecule has 0 unspecified atom stereocenters. The maximum absolute atomic E-state index is 13.7. The summed E-state index contributed by atoms with van der Waals surface area (Å²) in [7, 11) is 2.76. The number of methoxy groups -OCH3 is 2. The van der Waals surface area contributed by atoms with E-state index in [1.54, 1.807) is 18.2 Å². The predicted octanol–water partition coefficient (Wildman–Crippen LogP) is 2.43. The Kier molecular flexibility index (Phi) is 5.23. The number of aromatic amines is 1. The summed E-state index contributed by atoms with van der Waals surface area (Å²) in [4.78, 5) is 30.5. The van der Waals surface area contributed by atoms with Crippen LogP contribution in [0, 0.1) is 0 Å². The van der Waals surface area contributed by atoms with Crippen LogP contribution in [0.1, 0.15) is 5.56 Å². The van der Waals surface area contributed by atoms with Crippen molar-refractivity contribution in [3.8, 4) is 17.0 Å². The summed E-state index contributed by atoms with van der Waals surface area (Å²) in [6, 6.07) is 7.17. The molecule has 0 saturated heterocycles. The molecule has 3 rings (SSSR count). The lowest BCUT2D eigenvalue weighted by molar-refractivity contribution is -0.136. The van der Waals surface area contributed by atoms with Gasteiger partial charge in [0.2, 0.25) is 0 Å². The van der Waals surface area contributed by atoms with E-state index >= 15 is 0 Å². The van der Waals surface area contributed by atoms with E-state index in [0.29, 0.717) is 11.3 Å². The van der Waals surface area contributed by atoms with Gasteiger partial charge in [0.25, 0.3) is 5.56 Å². The average Bonchev–Trinajstić information content (AvgIpc) is 2.66. The van der Waals surface area contributed by atoms with E-state index in [9.17, 15) is 22.8 Å². The van der Waals surface area contributed by atoms with Crippen molar-refractivity contribution >= 4 is 11.0 Å². The van der Waals surface area contributed by atoms with E-state index in [1.165, 1.54) is 20.3 Å². The topological polar surface area (TPSA) is 86.2 Å². The summed E-state index contributed by atoms with van der Waals surface area (Å²) >= 11 is 0. The van der Waals surface area contributed by atoms with Crippen LogP contribution in [0.15, 0.2) is 39.9 Å². The highest BCUT2D eigenvalue weighted by Gasteiger charge is 2.36. The molecule has 0 saturated carbocycles. The number of halogens is 3. The third kappa shape index (κ3) is 3.50. The van der Waals surface area contributed by atoms with Gasteiger partial charge in [0.15, 0.2) is 5.65 Å². The molecule has 148 valence electrons. The highest BCUT2D eigenvalue weighted by Crippen LogP contribution is 2.37. The molecule has 2 aromatic heterocycles. The first-order chi connectivity index (χ1) is 13.3. The molecule has 7 nitrogen and oxygen atoms in total. The number of para-hydroxylation sites is 1. The SMILES string of the molecule is COCCn1c(=O)[nH]c(=O)c2c(C(F)(F)F)cc(-c3ccccc3OC)nc21. The molecule has 1 N–H and O–H groups in total. The quantitative estimate of drug-likeness (QED) is 0.717. The highest BCUT2D eigenvalue weighted by molar-refractivity contribution is 5.83. The van der Waals surface area contributed by atoms with Gasteiger partial charge >= 0.3 is 11.9 Å². The zero-order valence-electron chi connectivity index (χ0n) is 15.0. The number of rotatable bonds is 5. The third-order valence-electron chi connectivity index (χ3n) is 4.16. The summed E-state index contributed by atoms with van der Waals surface area (Å²) in [5, 5.41) is -0.707. The molecule has 0 aliphatic rings. The van der Waals surface area contributed by atoms with Crippen molar-refractivity contribution in [1.29, 1.82) is 0 Å². The monoisotopic (exact) mass is 395 g/mol. The number of hydrogen-bond acceptors (Lipinski definition) is 5. The van der Waals surface area contributed by atoms with Crippen LogP contribution in [-0.4, -0.2) is 35.4 Å². The van der Waals surface area contributed by atoms with Crippen LogP contribution in [-0.2, 0) is 17.5 Å². The molecule has 0 radical (unpaired) electrons. The molecule has 0 fully saturated rings. The molecule has 10 heteroatoms. The summed E-state index contributed by atoms with van der Waals surface area (Å²) in [6.45, 7) is -0.0365. The number of benzene rings is 1. The maximum Gasteiger partial charge on any atom is 0.417 e. The fourth-order valence-electron chi connectivity index (χ4n) is 2.88. The second-order valence-corrected chi connectivity index (χ2v) is 5.86. The van der Waals surface area contributed by atoms with Crippen molar-refractivity contribution in [2.45, 2.75) is 12.7 Å². The fraction of sp³-hybridized carbons (Fsp3) is 0.278. The van der Waals surface area contributed by atoms with Gasteiger partial charge in [0.05, 0.1) is 36.9 Å². The van der Waals surface area contributed by atoms with Crippen LogP contribution in [0.2, 0.25) is 0 Å². The molecular weight excluding hydrogens is 379 g/mol. The van der Waals surface area contributed by atoms with Gasteiger partial charge in [-0.15, -0.1) is 0 Å². The van der Waals surface area contributed by atoms with E-state index in [0.717, 1.165) is 10.6 Å². The third-order valence-corrected chi connectivity index (χ3v) is 4.16. The van der Waals surface area contributed by atoms with Crippen molar-refractivity contribution in [3.63, 3.8) is 0 Å². The van der Waals surface area contributed by atoms with Crippen LogP contribution >= 0.6 is 0 Å². The van der Waals surface area contributed by atoms with Gasteiger partial charge < -0.3 is 9.47 Å². The molecule has 0 atom stereocenters. The number of ether oxygens (including phenoxy) is 2. The Hall–Kier alpha value is -3.14. The van der Waals surface area contributed by atoms with E-state index in [-0.39, 0.29) is 24.5 Å². The van der Waals surface area contributed by atoms with E-state index in [1.807, 2.05) is 4.98 Å². The second-order valence-electron chi connectivity index (χ2n) is 5.86. The van der Waals surface area contributed by atoms with Crippen molar-refractivity contribution in [2.24, 2.45) is 0 Å². The zero-order valence-corrected chi connectivity index (χ0v) is 15.0. The molecule has 28 heavy (non-hydrogen) atoms. The lowest BCUT2D eigenvalue weighted by Crippen LogP contribution is -2.33. The number of nitrogens with zero attached hydrogens (tertiary/aromatic N) is 2. The van der Waals surface area contributed by atoms with E-state index in [2.05, 4.69) is 4.98 Å². The molecule has 2 heterocycles. The van der Waals surface area contributed by atoms with Gasteiger partial charge in [-0.2, -0.15) is 13.2 Å². The first kappa shape index (κ1) is 19.6. The Balaban J connectivity index is 2.46. The number of aromatic nitrogens is 3. The normalized spacial score (nSPS) is 11.8. The van der Waals surface area contributed by atoms with Gasteiger partial charge in [-0.05, 0) is 18.2 Å². The minimum Gasteiger partial charge on any atom is -0.496 e. The van der Waals surface area contributed by atoms with Crippen molar-refractivity contribution in [3.05, 3.63) is 56.7 Å². The number of H-pyrrole nitrogens is 1. The number of hydrogen-bond donors (Lipinski definition) is 1. The minimum absolute atomic E-state index is 0.0446. The largest absolute Gasteiger partial charge is 0.496 e. The van der Waals surface area contributed by atoms with Crippen LogP contribution in [0.25, 0.3) is 22.3 Å². The summed E-state index contributed by atoms with van der Waals surface area (Å²) in [6.07, 6.45) is -4.84. The molecule has 0 amide bonds. The van der Waals surface area contributed by atoms with Gasteiger partial charge in [0, 0.05) is 12.7 Å². The Bertz CT molecular complexity index is 1140. The molecule has 0 aliphatic heterocycles. The second kappa shape index (κ2) is 7.47. The van der Waals surface area contributed by atoms with Crippen molar-refractivity contribution in [2.75, 3.05) is 20.8 Å². The van der Waals surface area contributed by atoms with Crippen LogP contribution in [0.5, 0.6) is 5.75 Å². The van der Waals surface area contributed by atoms with Crippen molar-refractivity contribution in [1.82, 2.24) is 14.5 Å². The van der Waals surface area contributed by atoms with E-state index in [4.69, 9.17) is 9.47 Å². The van der Waals surface area contributed by atoms with Gasteiger partial charge in [-0.25, -0.2) is 9.78 Å². The number of alkyl halides is 3. The Morgan fingerprint density at radius 3 is 2.54 bits per heavy atom. The fourth-order valence-corrected chi connectivity index (χ4v) is 2.88. The average molecular weight is 395 g/mol. The molecule has 3 aromatic rings. The van der Waals surface area contributed by atoms with Crippen LogP contribution < -0.4 is 16.0 Å². The Morgan fingerprint density at radius 2 is 1.89 bits per heavy atom. The van der Waals surface area contributed by atoms with Crippen molar-refractivity contribution < 1.29 is 22.6 Å². The summed E-state index contributed by atoms with van der Waals surface area (Å²) in [5.41, 5.74) is -3.36. The van der Waals surface area contributed by atoms with Crippen LogP contribution in [0.3, 0.4) is 0 Å². The maximum atomic E-state index is 13.7. The molecule has 0 bridgehead atoms. The smallest absolute Gasteiger partial charge is 0.417 e. The lowest BCUT2D eigenvalue weighted by Gasteiger charge is -2.16. The van der Waals surface area contributed by atoms with Gasteiger partial charge in [-0.1, -0.05) is 12.1 Å². The van der Waals surface area contributed by atoms with E-state index < -0.39 is 28.4 Å². The van der Waals surface area contributed by atoms with Gasteiger partial charge in [0.1, 0.15) is 5.75 Å². The lowest BCUT2D eigenvalue weighted by atomic mass is 10.1. The Morgan fingerprint density at radius 1 is 1.18 bits per heavy atom. The number of nitrogens with one attached hydrogen (secondary N) is 1. The molecule has 0 spiro atoms. The van der Waals surface area contributed by atoms with Gasteiger partial charge in [-0.3, -0.25) is 14.3 Å². The number of pyridine rings is 1. The van der Waals surface area contributed by atoms with Crippen LogP contribution in [0.4, 0.5) is 13.2 Å². The molecule has 1 aromatic carbocycles. The summed E-state index contributed by atoms with van der Waals surface area (Å²) in [5.74, 6) is 0.304. The Labute approximate surface area is 156 Å². The first-order valence-corrected chi connectivity index (χ1v) is 8.15. The predicted molar refractivity (Wildman–Crippen MR) is 95.5 cm³/mol.